The number of benzene rings is 1. The first-order valence-electron chi connectivity index (χ1n) is 8.79. The number of guanidine groups is 1. The maximum absolute atomic E-state index is 11.5. The van der Waals surface area contributed by atoms with E-state index < -0.39 is 0 Å². The molecule has 1 fully saturated rings. The lowest BCUT2D eigenvalue weighted by Crippen LogP contribution is -2.40. The van der Waals surface area contributed by atoms with Gasteiger partial charge in [0.1, 0.15) is 18.1 Å². The van der Waals surface area contributed by atoms with Crippen LogP contribution in [0, 0.1) is 5.92 Å². The Hall–Kier alpha value is -2.44. The summed E-state index contributed by atoms with van der Waals surface area (Å²) in [4.78, 5) is 16.0. The SMILES string of the molecule is CCNC(=NCCNC(=O)C1CC1)NCCOc1ccc(OC)cc1. The van der Waals surface area contributed by atoms with E-state index in [1.165, 1.54) is 0 Å². The number of carbonyl (C=O) groups excluding carboxylic acids is 1. The largest absolute Gasteiger partial charge is 0.497 e. The standard InChI is InChI=1S/C18H28N4O3/c1-3-19-18(21-11-10-20-17(23)14-4-5-14)22-12-13-25-16-8-6-15(24-2)7-9-16/h6-9,14H,3-5,10-13H2,1-2H3,(H,20,23)(H2,19,21,22). The molecule has 0 aromatic heterocycles. The van der Waals surface area contributed by atoms with E-state index >= 15 is 0 Å². The number of hydrogen-bond donors (Lipinski definition) is 3. The van der Waals surface area contributed by atoms with Gasteiger partial charge in [-0.3, -0.25) is 9.79 Å². The number of hydrogen-bond acceptors (Lipinski definition) is 4. The number of aliphatic imine (C=N–C) groups is 1. The molecule has 7 heteroatoms. The second-order valence-corrected chi connectivity index (χ2v) is 5.78. The molecule has 1 aliphatic rings. The van der Waals surface area contributed by atoms with Crippen LogP contribution in [0.15, 0.2) is 29.3 Å². The Kier molecular flexibility index (Phi) is 7.88. The topological polar surface area (TPSA) is 84.0 Å². The third-order valence-electron chi connectivity index (χ3n) is 3.70. The van der Waals surface area contributed by atoms with Gasteiger partial charge in [-0.25, -0.2) is 0 Å². The summed E-state index contributed by atoms with van der Waals surface area (Å²) in [7, 11) is 1.64. The first kappa shape index (κ1) is 18.9. The summed E-state index contributed by atoms with van der Waals surface area (Å²) in [5, 5.41) is 9.29. The van der Waals surface area contributed by atoms with Crippen LogP contribution in [0.1, 0.15) is 19.8 Å². The Morgan fingerprint density at radius 1 is 1.12 bits per heavy atom. The molecule has 0 unspecified atom stereocenters. The quantitative estimate of drug-likeness (QED) is 0.336. The zero-order valence-corrected chi connectivity index (χ0v) is 15.0. The minimum Gasteiger partial charge on any atom is -0.497 e. The van der Waals surface area contributed by atoms with Crippen LogP contribution in [-0.2, 0) is 4.79 Å². The number of ether oxygens (including phenoxy) is 2. The van der Waals surface area contributed by atoms with Crippen LogP contribution in [0.5, 0.6) is 11.5 Å². The van der Waals surface area contributed by atoms with Crippen molar-refractivity contribution in [2.45, 2.75) is 19.8 Å². The summed E-state index contributed by atoms with van der Waals surface area (Å²) in [6.45, 7) is 5.06. The molecule has 0 heterocycles. The van der Waals surface area contributed by atoms with Crippen LogP contribution in [0.3, 0.4) is 0 Å². The van der Waals surface area contributed by atoms with E-state index in [4.69, 9.17) is 9.47 Å². The molecule has 0 radical (unpaired) electrons. The van der Waals surface area contributed by atoms with Crippen LogP contribution in [-0.4, -0.2) is 51.8 Å². The molecular formula is C18H28N4O3. The fourth-order valence-electron chi connectivity index (χ4n) is 2.19. The number of methoxy groups -OCH3 is 1. The van der Waals surface area contributed by atoms with Crippen LogP contribution >= 0.6 is 0 Å². The van der Waals surface area contributed by atoms with Crippen LogP contribution in [0.4, 0.5) is 0 Å². The molecule has 1 aromatic rings. The number of nitrogens with one attached hydrogen (secondary N) is 3. The average Bonchev–Trinajstić information content (AvgIpc) is 3.47. The number of rotatable bonds is 10. The van der Waals surface area contributed by atoms with Gasteiger partial charge in [0.2, 0.25) is 5.91 Å². The molecular weight excluding hydrogens is 320 g/mol. The molecule has 3 N–H and O–H groups in total. The Bertz CT molecular complexity index is 556. The molecule has 0 saturated heterocycles. The van der Waals surface area contributed by atoms with Gasteiger partial charge in [-0.2, -0.15) is 0 Å². The van der Waals surface area contributed by atoms with Crippen molar-refractivity contribution in [3.05, 3.63) is 24.3 Å². The number of nitrogens with zero attached hydrogens (tertiary/aromatic N) is 1. The molecule has 1 aromatic carbocycles. The molecule has 0 spiro atoms. The van der Waals surface area contributed by atoms with Gasteiger partial charge in [-0.15, -0.1) is 0 Å². The summed E-state index contributed by atoms with van der Waals surface area (Å²) in [5.74, 6) is 2.72. The minimum absolute atomic E-state index is 0.154. The molecule has 1 saturated carbocycles. The highest BCUT2D eigenvalue weighted by Gasteiger charge is 2.28. The summed E-state index contributed by atoms with van der Waals surface area (Å²) >= 11 is 0. The van der Waals surface area contributed by atoms with E-state index in [2.05, 4.69) is 20.9 Å². The molecule has 0 atom stereocenters. The first-order valence-corrected chi connectivity index (χ1v) is 8.79. The van der Waals surface area contributed by atoms with Gasteiger partial charge in [0, 0.05) is 19.0 Å². The van der Waals surface area contributed by atoms with Crippen LogP contribution in [0.2, 0.25) is 0 Å². The second kappa shape index (κ2) is 10.4. The van der Waals surface area contributed by atoms with E-state index in [1.54, 1.807) is 7.11 Å². The van der Waals surface area contributed by atoms with Crippen molar-refractivity contribution in [3.8, 4) is 11.5 Å². The summed E-state index contributed by atoms with van der Waals surface area (Å²) in [6.07, 6.45) is 2.04. The van der Waals surface area contributed by atoms with Crippen LogP contribution < -0.4 is 25.4 Å². The van der Waals surface area contributed by atoms with Crippen LogP contribution in [0.25, 0.3) is 0 Å². The van der Waals surface area contributed by atoms with Gasteiger partial charge in [-0.05, 0) is 44.0 Å². The van der Waals surface area contributed by atoms with E-state index in [-0.39, 0.29) is 11.8 Å². The molecule has 0 bridgehead atoms. The van der Waals surface area contributed by atoms with Gasteiger partial charge in [-0.1, -0.05) is 0 Å². The van der Waals surface area contributed by atoms with Crippen molar-refractivity contribution in [1.82, 2.24) is 16.0 Å². The molecule has 1 amide bonds. The lowest BCUT2D eigenvalue weighted by atomic mass is 10.3. The molecule has 1 aliphatic carbocycles. The lowest BCUT2D eigenvalue weighted by Gasteiger charge is -2.12. The zero-order chi connectivity index (χ0) is 17.9. The minimum atomic E-state index is 0.154. The highest BCUT2D eigenvalue weighted by molar-refractivity contribution is 5.81. The van der Waals surface area contributed by atoms with E-state index in [0.717, 1.165) is 36.8 Å². The van der Waals surface area contributed by atoms with Crippen molar-refractivity contribution in [2.24, 2.45) is 10.9 Å². The zero-order valence-electron chi connectivity index (χ0n) is 15.0. The molecule has 0 aliphatic heterocycles. The van der Waals surface area contributed by atoms with E-state index in [0.29, 0.717) is 26.2 Å². The van der Waals surface area contributed by atoms with E-state index in [9.17, 15) is 4.79 Å². The third-order valence-corrected chi connectivity index (χ3v) is 3.70. The Morgan fingerprint density at radius 2 is 1.84 bits per heavy atom. The lowest BCUT2D eigenvalue weighted by molar-refractivity contribution is -0.122. The van der Waals surface area contributed by atoms with Crippen molar-refractivity contribution >= 4 is 11.9 Å². The molecule has 25 heavy (non-hydrogen) atoms. The third kappa shape index (κ3) is 7.32. The second-order valence-electron chi connectivity index (χ2n) is 5.78. The van der Waals surface area contributed by atoms with Crippen molar-refractivity contribution < 1.29 is 14.3 Å². The van der Waals surface area contributed by atoms with Crippen molar-refractivity contribution in [3.63, 3.8) is 0 Å². The number of amides is 1. The molecule has 7 nitrogen and oxygen atoms in total. The van der Waals surface area contributed by atoms with Crippen molar-refractivity contribution in [2.75, 3.05) is 39.9 Å². The summed E-state index contributed by atoms with van der Waals surface area (Å²) in [6, 6.07) is 7.48. The monoisotopic (exact) mass is 348 g/mol. The smallest absolute Gasteiger partial charge is 0.223 e. The highest BCUT2D eigenvalue weighted by atomic mass is 16.5. The maximum atomic E-state index is 11.5. The van der Waals surface area contributed by atoms with Crippen molar-refractivity contribution in [1.29, 1.82) is 0 Å². The maximum Gasteiger partial charge on any atom is 0.223 e. The van der Waals surface area contributed by atoms with Gasteiger partial charge < -0.3 is 25.4 Å². The Labute approximate surface area is 149 Å². The Balaban J connectivity index is 1.63. The van der Waals surface area contributed by atoms with Gasteiger partial charge >= 0.3 is 0 Å². The predicted octanol–water partition coefficient (Wildman–Crippen LogP) is 1.16. The van der Waals surface area contributed by atoms with Gasteiger partial charge in [0.25, 0.3) is 0 Å². The highest BCUT2D eigenvalue weighted by Crippen LogP contribution is 2.28. The first-order chi connectivity index (χ1) is 12.2. The van der Waals surface area contributed by atoms with Gasteiger partial charge in [0.05, 0.1) is 20.2 Å². The molecule has 138 valence electrons. The Morgan fingerprint density at radius 3 is 2.48 bits per heavy atom. The van der Waals surface area contributed by atoms with E-state index in [1.807, 2.05) is 31.2 Å². The van der Waals surface area contributed by atoms with Gasteiger partial charge in [0.15, 0.2) is 5.96 Å². The average molecular weight is 348 g/mol. The fourth-order valence-corrected chi connectivity index (χ4v) is 2.19. The fraction of sp³-hybridized carbons (Fsp3) is 0.556. The predicted molar refractivity (Wildman–Crippen MR) is 98.2 cm³/mol. The summed E-state index contributed by atoms with van der Waals surface area (Å²) in [5.41, 5.74) is 0. The summed E-state index contributed by atoms with van der Waals surface area (Å²) < 4.78 is 10.8. The molecule has 2 rings (SSSR count). The number of carbonyl (C=O) groups is 1. The normalized spacial score (nSPS) is 13.9.